The molecule has 0 saturated heterocycles. The van der Waals surface area contributed by atoms with E-state index in [1.807, 2.05) is 17.7 Å². The standard InChI is InChI=1S/C13H12Cl2OS/c1-8-6-17-7-11(8)13(16)5-9-4-10(14)2-3-12(9)15/h2-4,6-7,13,16H,5H2,1H3. The molecule has 17 heavy (non-hydrogen) atoms. The smallest absolute Gasteiger partial charge is 0.0841 e. The maximum atomic E-state index is 10.2. The van der Waals surface area contributed by atoms with Gasteiger partial charge in [-0.25, -0.2) is 0 Å². The van der Waals surface area contributed by atoms with E-state index >= 15 is 0 Å². The summed E-state index contributed by atoms with van der Waals surface area (Å²) in [7, 11) is 0. The molecule has 1 nitrogen and oxygen atoms in total. The first kappa shape index (κ1) is 12.9. The molecule has 1 unspecified atom stereocenters. The van der Waals surface area contributed by atoms with Crippen LogP contribution in [0.15, 0.2) is 29.0 Å². The number of hydrogen-bond acceptors (Lipinski definition) is 2. The third kappa shape index (κ3) is 3.02. The van der Waals surface area contributed by atoms with E-state index in [9.17, 15) is 5.11 Å². The SMILES string of the molecule is Cc1cscc1C(O)Cc1cc(Cl)ccc1Cl. The van der Waals surface area contributed by atoms with Gasteiger partial charge in [0.25, 0.3) is 0 Å². The van der Waals surface area contributed by atoms with Gasteiger partial charge in [-0.1, -0.05) is 23.2 Å². The summed E-state index contributed by atoms with van der Waals surface area (Å²) in [5.41, 5.74) is 2.95. The second-order valence-corrected chi connectivity index (χ2v) is 5.55. The van der Waals surface area contributed by atoms with Gasteiger partial charge in [-0.05, 0) is 52.6 Å². The molecule has 0 bridgehead atoms. The van der Waals surface area contributed by atoms with E-state index < -0.39 is 6.10 Å². The minimum absolute atomic E-state index is 0.483. The summed E-state index contributed by atoms with van der Waals surface area (Å²) >= 11 is 13.6. The average molecular weight is 287 g/mol. The Labute approximate surface area is 115 Å². The summed E-state index contributed by atoms with van der Waals surface area (Å²) in [6.07, 6.45) is -0.0473. The lowest BCUT2D eigenvalue weighted by Crippen LogP contribution is -2.02. The lowest BCUT2D eigenvalue weighted by Gasteiger charge is -2.12. The molecule has 0 spiro atoms. The second-order valence-electron chi connectivity index (χ2n) is 3.97. The van der Waals surface area contributed by atoms with Gasteiger partial charge < -0.3 is 5.11 Å². The van der Waals surface area contributed by atoms with Crippen LogP contribution in [-0.4, -0.2) is 5.11 Å². The fourth-order valence-electron chi connectivity index (χ4n) is 1.73. The first-order valence-electron chi connectivity index (χ1n) is 5.22. The van der Waals surface area contributed by atoms with Crippen LogP contribution in [0.5, 0.6) is 0 Å². The summed E-state index contributed by atoms with van der Waals surface area (Å²) in [6.45, 7) is 1.99. The van der Waals surface area contributed by atoms with Gasteiger partial charge in [0, 0.05) is 16.5 Å². The lowest BCUT2D eigenvalue weighted by atomic mass is 10.0. The Balaban J connectivity index is 2.21. The number of aliphatic hydroxyl groups is 1. The van der Waals surface area contributed by atoms with Crippen LogP contribution in [-0.2, 0) is 6.42 Å². The van der Waals surface area contributed by atoms with Gasteiger partial charge in [-0.3, -0.25) is 0 Å². The van der Waals surface area contributed by atoms with E-state index in [1.54, 1.807) is 29.5 Å². The van der Waals surface area contributed by atoms with E-state index in [2.05, 4.69) is 0 Å². The highest BCUT2D eigenvalue weighted by Crippen LogP contribution is 2.28. The molecule has 4 heteroatoms. The molecule has 2 aromatic rings. The van der Waals surface area contributed by atoms with Crippen molar-refractivity contribution in [1.82, 2.24) is 0 Å². The molecule has 2 rings (SSSR count). The Morgan fingerprint density at radius 2 is 2.06 bits per heavy atom. The van der Waals surface area contributed by atoms with Crippen molar-refractivity contribution < 1.29 is 5.11 Å². The third-order valence-electron chi connectivity index (χ3n) is 2.68. The average Bonchev–Trinajstić information content (AvgIpc) is 2.70. The Bertz CT molecular complexity index is 522. The zero-order chi connectivity index (χ0) is 12.4. The van der Waals surface area contributed by atoms with Crippen LogP contribution in [0, 0.1) is 6.92 Å². The quantitative estimate of drug-likeness (QED) is 0.872. The van der Waals surface area contributed by atoms with Crippen LogP contribution in [0.3, 0.4) is 0 Å². The van der Waals surface area contributed by atoms with Gasteiger partial charge in [-0.15, -0.1) is 0 Å². The molecule has 1 heterocycles. The highest BCUT2D eigenvalue weighted by Gasteiger charge is 2.14. The molecule has 1 aromatic carbocycles. The lowest BCUT2D eigenvalue weighted by molar-refractivity contribution is 0.178. The molecule has 1 N–H and O–H groups in total. The zero-order valence-electron chi connectivity index (χ0n) is 9.28. The summed E-state index contributed by atoms with van der Waals surface area (Å²) in [5, 5.41) is 15.4. The summed E-state index contributed by atoms with van der Waals surface area (Å²) < 4.78 is 0. The summed E-state index contributed by atoms with van der Waals surface area (Å²) in [4.78, 5) is 0. The molecule has 0 aliphatic carbocycles. The molecule has 0 amide bonds. The fraction of sp³-hybridized carbons (Fsp3) is 0.231. The predicted molar refractivity (Wildman–Crippen MR) is 74.2 cm³/mol. The molecule has 1 atom stereocenters. The normalized spacial score (nSPS) is 12.7. The predicted octanol–water partition coefficient (Wildman–Crippen LogP) is 4.64. The van der Waals surface area contributed by atoms with Crippen LogP contribution >= 0.6 is 34.5 Å². The van der Waals surface area contributed by atoms with Crippen molar-refractivity contribution in [3.63, 3.8) is 0 Å². The van der Waals surface area contributed by atoms with Gasteiger partial charge in [0.15, 0.2) is 0 Å². The molecule has 0 aliphatic rings. The molecule has 0 fully saturated rings. The van der Waals surface area contributed by atoms with Gasteiger partial charge >= 0.3 is 0 Å². The minimum Gasteiger partial charge on any atom is -0.388 e. The first-order valence-corrected chi connectivity index (χ1v) is 6.92. The number of aliphatic hydroxyl groups excluding tert-OH is 1. The highest BCUT2D eigenvalue weighted by atomic mass is 35.5. The zero-order valence-corrected chi connectivity index (χ0v) is 11.6. The van der Waals surface area contributed by atoms with Crippen molar-refractivity contribution in [2.24, 2.45) is 0 Å². The van der Waals surface area contributed by atoms with Crippen LogP contribution < -0.4 is 0 Å². The van der Waals surface area contributed by atoms with E-state index in [0.717, 1.165) is 16.7 Å². The monoisotopic (exact) mass is 286 g/mol. The minimum atomic E-state index is -0.530. The largest absolute Gasteiger partial charge is 0.388 e. The van der Waals surface area contributed by atoms with Crippen molar-refractivity contribution in [1.29, 1.82) is 0 Å². The molecular formula is C13H12Cl2OS. The Morgan fingerprint density at radius 3 is 2.71 bits per heavy atom. The molecule has 1 aromatic heterocycles. The highest BCUT2D eigenvalue weighted by molar-refractivity contribution is 7.08. The van der Waals surface area contributed by atoms with E-state index in [4.69, 9.17) is 23.2 Å². The van der Waals surface area contributed by atoms with Crippen LogP contribution in [0.1, 0.15) is 22.8 Å². The van der Waals surface area contributed by atoms with E-state index in [1.165, 1.54) is 0 Å². The van der Waals surface area contributed by atoms with Gasteiger partial charge in [0.1, 0.15) is 0 Å². The van der Waals surface area contributed by atoms with Crippen molar-refractivity contribution in [2.45, 2.75) is 19.4 Å². The number of hydrogen-bond donors (Lipinski definition) is 1. The van der Waals surface area contributed by atoms with Crippen molar-refractivity contribution in [3.8, 4) is 0 Å². The molecule has 0 saturated carbocycles. The number of thiophene rings is 1. The van der Waals surface area contributed by atoms with Crippen LogP contribution in [0.4, 0.5) is 0 Å². The Kier molecular flexibility index (Phi) is 4.10. The van der Waals surface area contributed by atoms with Crippen LogP contribution in [0.25, 0.3) is 0 Å². The first-order chi connectivity index (χ1) is 8.08. The molecular weight excluding hydrogens is 275 g/mol. The maximum Gasteiger partial charge on any atom is 0.0841 e. The maximum absolute atomic E-state index is 10.2. The number of aryl methyl sites for hydroxylation is 1. The molecule has 90 valence electrons. The summed E-state index contributed by atoms with van der Waals surface area (Å²) in [6, 6.07) is 5.30. The van der Waals surface area contributed by atoms with Crippen LogP contribution in [0.2, 0.25) is 10.0 Å². The molecule has 0 aliphatic heterocycles. The Morgan fingerprint density at radius 1 is 1.29 bits per heavy atom. The second kappa shape index (κ2) is 5.40. The number of halogens is 2. The van der Waals surface area contributed by atoms with E-state index in [0.29, 0.717) is 16.5 Å². The van der Waals surface area contributed by atoms with Gasteiger partial charge in [0.2, 0.25) is 0 Å². The van der Waals surface area contributed by atoms with Crippen molar-refractivity contribution in [2.75, 3.05) is 0 Å². The van der Waals surface area contributed by atoms with Gasteiger partial charge in [-0.2, -0.15) is 11.3 Å². The molecule has 0 radical (unpaired) electrons. The third-order valence-corrected chi connectivity index (χ3v) is 4.16. The van der Waals surface area contributed by atoms with E-state index in [-0.39, 0.29) is 0 Å². The van der Waals surface area contributed by atoms with Gasteiger partial charge in [0.05, 0.1) is 6.10 Å². The van der Waals surface area contributed by atoms with Crippen molar-refractivity contribution in [3.05, 3.63) is 55.7 Å². The fourth-order valence-corrected chi connectivity index (χ4v) is 3.02. The number of rotatable bonds is 3. The summed E-state index contributed by atoms with van der Waals surface area (Å²) in [5.74, 6) is 0. The van der Waals surface area contributed by atoms with Crippen molar-refractivity contribution >= 4 is 34.5 Å². The topological polar surface area (TPSA) is 20.2 Å². The Hall–Kier alpha value is -0.540. The number of benzene rings is 1.